The van der Waals surface area contributed by atoms with Crippen LogP contribution in [0.25, 0.3) is 10.4 Å². The van der Waals surface area contributed by atoms with Gasteiger partial charge < -0.3 is 0 Å². The zero-order valence-electron chi connectivity index (χ0n) is 8.70. The van der Waals surface area contributed by atoms with Crippen LogP contribution in [0.5, 0.6) is 0 Å². The summed E-state index contributed by atoms with van der Waals surface area (Å²) in [5.74, 6) is 0.587. The van der Waals surface area contributed by atoms with Gasteiger partial charge in [-0.2, -0.15) is 0 Å². The molecule has 0 aromatic carbocycles. The van der Waals surface area contributed by atoms with Crippen molar-refractivity contribution in [2.75, 3.05) is 0 Å². The minimum Gasteiger partial charge on any atom is -0.244 e. The maximum absolute atomic E-state index is 5.75. The van der Waals surface area contributed by atoms with E-state index in [9.17, 15) is 0 Å². The second kappa shape index (κ2) is 4.33. The van der Waals surface area contributed by atoms with Gasteiger partial charge in [0, 0.05) is 21.5 Å². The SMILES string of the molecule is CC(C)c1ccc(-c2ccc(Cl)nc2)s1. The van der Waals surface area contributed by atoms with Crippen molar-refractivity contribution < 1.29 is 0 Å². The first-order chi connectivity index (χ1) is 7.16. The first-order valence-corrected chi connectivity index (χ1v) is 6.08. The largest absolute Gasteiger partial charge is 0.244 e. The Morgan fingerprint density at radius 2 is 2.00 bits per heavy atom. The Hall–Kier alpha value is -0.860. The molecule has 0 N–H and O–H groups in total. The van der Waals surface area contributed by atoms with Gasteiger partial charge in [0.1, 0.15) is 5.15 Å². The van der Waals surface area contributed by atoms with Gasteiger partial charge >= 0.3 is 0 Å². The van der Waals surface area contributed by atoms with Gasteiger partial charge in [0.15, 0.2) is 0 Å². The molecule has 0 saturated heterocycles. The number of pyridine rings is 1. The third-order valence-corrected chi connectivity index (χ3v) is 3.87. The van der Waals surface area contributed by atoms with Crippen molar-refractivity contribution in [3.05, 3.63) is 40.5 Å². The summed E-state index contributed by atoms with van der Waals surface area (Å²) in [6.07, 6.45) is 1.82. The lowest BCUT2D eigenvalue weighted by molar-refractivity contribution is 0.890. The quantitative estimate of drug-likeness (QED) is 0.697. The molecule has 0 aliphatic rings. The molecular weight excluding hydrogens is 226 g/mol. The smallest absolute Gasteiger partial charge is 0.129 e. The standard InChI is InChI=1S/C12H12ClNS/c1-8(2)10-4-5-11(15-10)9-3-6-12(13)14-7-9/h3-8H,1-2H3. The summed E-state index contributed by atoms with van der Waals surface area (Å²) in [5.41, 5.74) is 1.14. The second-order valence-corrected chi connectivity index (χ2v) is 5.23. The van der Waals surface area contributed by atoms with E-state index < -0.39 is 0 Å². The highest BCUT2D eigenvalue weighted by Gasteiger charge is 2.05. The van der Waals surface area contributed by atoms with Crippen LogP contribution in [0, 0.1) is 0 Å². The Labute approximate surface area is 98.7 Å². The van der Waals surface area contributed by atoms with Crippen LogP contribution in [0.3, 0.4) is 0 Å². The van der Waals surface area contributed by atoms with Crippen LogP contribution in [-0.4, -0.2) is 4.98 Å². The van der Waals surface area contributed by atoms with Gasteiger partial charge in [-0.3, -0.25) is 0 Å². The van der Waals surface area contributed by atoms with E-state index >= 15 is 0 Å². The van der Waals surface area contributed by atoms with Gasteiger partial charge in [-0.05, 0) is 30.2 Å². The van der Waals surface area contributed by atoms with Crippen molar-refractivity contribution in [1.29, 1.82) is 0 Å². The average molecular weight is 238 g/mol. The van der Waals surface area contributed by atoms with Crippen molar-refractivity contribution in [2.24, 2.45) is 0 Å². The first-order valence-electron chi connectivity index (χ1n) is 4.88. The van der Waals surface area contributed by atoms with Crippen molar-refractivity contribution in [2.45, 2.75) is 19.8 Å². The first kappa shape index (κ1) is 10.7. The molecule has 2 heterocycles. The predicted octanol–water partition coefficient (Wildman–Crippen LogP) is 4.59. The van der Waals surface area contributed by atoms with Crippen molar-refractivity contribution in [1.82, 2.24) is 4.98 Å². The molecule has 0 aliphatic heterocycles. The van der Waals surface area contributed by atoms with Gasteiger partial charge in [-0.25, -0.2) is 4.98 Å². The number of halogens is 1. The summed E-state index contributed by atoms with van der Waals surface area (Å²) < 4.78 is 0. The normalized spacial score (nSPS) is 10.9. The van der Waals surface area contributed by atoms with Crippen molar-refractivity contribution in [3.8, 4) is 10.4 Å². The molecule has 0 bridgehead atoms. The monoisotopic (exact) mass is 237 g/mol. The topological polar surface area (TPSA) is 12.9 Å². The van der Waals surface area contributed by atoms with Crippen LogP contribution in [-0.2, 0) is 0 Å². The fourth-order valence-corrected chi connectivity index (χ4v) is 2.45. The Morgan fingerprint density at radius 3 is 2.53 bits per heavy atom. The Morgan fingerprint density at radius 1 is 1.20 bits per heavy atom. The number of nitrogens with zero attached hydrogens (tertiary/aromatic N) is 1. The molecule has 2 rings (SSSR count). The molecule has 3 heteroatoms. The van der Waals surface area contributed by atoms with E-state index in [4.69, 9.17) is 11.6 Å². The number of aromatic nitrogens is 1. The van der Waals surface area contributed by atoms with Crippen LogP contribution >= 0.6 is 22.9 Å². The lowest BCUT2D eigenvalue weighted by Gasteiger charge is -1.99. The highest BCUT2D eigenvalue weighted by molar-refractivity contribution is 7.15. The second-order valence-electron chi connectivity index (χ2n) is 3.73. The number of hydrogen-bond donors (Lipinski definition) is 0. The lowest BCUT2D eigenvalue weighted by Crippen LogP contribution is -1.78. The fourth-order valence-electron chi connectivity index (χ4n) is 1.34. The lowest BCUT2D eigenvalue weighted by atomic mass is 10.2. The zero-order chi connectivity index (χ0) is 10.8. The molecule has 0 unspecified atom stereocenters. The number of rotatable bonds is 2. The van der Waals surface area contributed by atoms with E-state index in [1.807, 2.05) is 29.7 Å². The molecule has 0 radical (unpaired) electrons. The minimum absolute atomic E-state index is 0.541. The Balaban J connectivity index is 2.33. The maximum Gasteiger partial charge on any atom is 0.129 e. The van der Waals surface area contributed by atoms with Crippen LogP contribution < -0.4 is 0 Å². The Kier molecular flexibility index (Phi) is 3.08. The van der Waals surface area contributed by atoms with E-state index in [0.29, 0.717) is 11.1 Å². The zero-order valence-corrected chi connectivity index (χ0v) is 10.3. The summed E-state index contributed by atoms with van der Waals surface area (Å²) in [6.45, 7) is 4.41. The van der Waals surface area contributed by atoms with Gasteiger partial charge in [-0.1, -0.05) is 25.4 Å². The van der Waals surface area contributed by atoms with E-state index in [1.54, 1.807) is 0 Å². The predicted molar refractivity (Wildman–Crippen MR) is 66.6 cm³/mol. The summed E-state index contributed by atoms with van der Waals surface area (Å²) in [7, 11) is 0. The number of hydrogen-bond acceptors (Lipinski definition) is 2. The van der Waals surface area contributed by atoms with E-state index in [2.05, 4.69) is 31.0 Å². The minimum atomic E-state index is 0.541. The summed E-state index contributed by atoms with van der Waals surface area (Å²) in [4.78, 5) is 6.74. The molecule has 0 saturated carbocycles. The van der Waals surface area contributed by atoms with Crippen LogP contribution in [0.1, 0.15) is 24.6 Å². The highest BCUT2D eigenvalue weighted by atomic mass is 35.5. The van der Waals surface area contributed by atoms with Gasteiger partial charge in [0.05, 0.1) is 0 Å². The Bertz CT molecular complexity index is 445. The van der Waals surface area contributed by atoms with E-state index in [1.165, 1.54) is 9.75 Å². The summed E-state index contributed by atoms with van der Waals surface area (Å²) in [6, 6.07) is 8.15. The molecule has 78 valence electrons. The highest BCUT2D eigenvalue weighted by Crippen LogP contribution is 2.31. The molecule has 0 aliphatic carbocycles. The molecule has 15 heavy (non-hydrogen) atoms. The average Bonchev–Trinajstić information content (AvgIpc) is 2.68. The van der Waals surface area contributed by atoms with Crippen LogP contribution in [0.15, 0.2) is 30.5 Å². The molecule has 2 aromatic heterocycles. The van der Waals surface area contributed by atoms with Gasteiger partial charge in [0.25, 0.3) is 0 Å². The van der Waals surface area contributed by atoms with Crippen molar-refractivity contribution >= 4 is 22.9 Å². The van der Waals surface area contributed by atoms with E-state index in [0.717, 1.165) is 5.56 Å². The molecule has 0 atom stereocenters. The van der Waals surface area contributed by atoms with Gasteiger partial charge in [0.2, 0.25) is 0 Å². The van der Waals surface area contributed by atoms with Gasteiger partial charge in [-0.15, -0.1) is 11.3 Å². The summed E-state index contributed by atoms with van der Waals surface area (Å²) >= 11 is 7.56. The molecule has 1 nitrogen and oxygen atoms in total. The molecule has 0 spiro atoms. The summed E-state index contributed by atoms with van der Waals surface area (Å²) in [5, 5.41) is 0.541. The molecule has 0 amide bonds. The number of thiophene rings is 1. The fraction of sp³-hybridized carbons (Fsp3) is 0.250. The third-order valence-electron chi connectivity index (χ3n) is 2.21. The van der Waals surface area contributed by atoms with Crippen molar-refractivity contribution in [3.63, 3.8) is 0 Å². The maximum atomic E-state index is 5.75. The third kappa shape index (κ3) is 2.39. The van der Waals surface area contributed by atoms with Crippen LogP contribution in [0.4, 0.5) is 0 Å². The molecule has 2 aromatic rings. The molecular formula is C12H12ClNS. The molecule has 0 fully saturated rings. The van der Waals surface area contributed by atoms with Crippen LogP contribution in [0.2, 0.25) is 5.15 Å². The van der Waals surface area contributed by atoms with E-state index in [-0.39, 0.29) is 0 Å².